The number of alkyl halides is 3. The third-order valence-electron chi connectivity index (χ3n) is 5.60. The minimum absolute atomic E-state index is 0.0209. The second-order valence-corrected chi connectivity index (χ2v) is 8.88. The molecule has 3 aromatic rings. The molecule has 16 heteroatoms. The molecule has 0 aromatic carbocycles. The summed E-state index contributed by atoms with van der Waals surface area (Å²) in [7, 11) is 3.14. The van der Waals surface area contributed by atoms with E-state index in [0.717, 1.165) is 6.33 Å². The van der Waals surface area contributed by atoms with Gasteiger partial charge in [-0.25, -0.2) is 19.7 Å². The van der Waals surface area contributed by atoms with E-state index in [0.29, 0.717) is 0 Å². The van der Waals surface area contributed by atoms with Crippen molar-refractivity contribution >= 4 is 34.8 Å². The maximum Gasteiger partial charge on any atom is 0.405 e. The number of likely N-dealkylation sites (N-methyl/N-ethyl adjacent to an activating group) is 1. The zero-order valence-corrected chi connectivity index (χ0v) is 21.5. The van der Waals surface area contributed by atoms with Crippen LogP contribution in [0.4, 0.5) is 23.7 Å². The van der Waals surface area contributed by atoms with Crippen LogP contribution in [-0.2, 0) is 22.6 Å². The van der Waals surface area contributed by atoms with Crippen molar-refractivity contribution in [2.24, 2.45) is 0 Å². The van der Waals surface area contributed by atoms with Crippen molar-refractivity contribution in [2.75, 3.05) is 19.4 Å². The number of carbonyl (C=O) groups is 3. The number of nitrogens with zero attached hydrogens (tertiary/aromatic N) is 5. The first-order valence-electron chi connectivity index (χ1n) is 12.0. The van der Waals surface area contributed by atoms with Crippen LogP contribution in [0.3, 0.4) is 0 Å². The number of hydrogen-bond acceptors (Lipinski definition) is 7. The van der Waals surface area contributed by atoms with E-state index in [1.54, 1.807) is 14.1 Å². The lowest BCUT2D eigenvalue weighted by Crippen LogP contribution is -2.44. The molecule has 0 spiro atoms. The molecule has 0 aliphatic rings. The molecule has 1 atom stereocenters. The van der Waals surface area contributed by atoms with E-state index < -0.39 is 36.2 Å². The molecule has 3 amide bonds. The van der Waals surface area contributed by atoms with Crippen LogP contribution in [0.1, 0.15) is 30.8 Å². The molecule has 3 aromatic heterocycles. The van der Waals surface area contributed by atoms with Crippen molar-refractivity contribution in [1.82, 2.24) is 34.7 Å². The average molecular weight is 565 g/mol. The van der Waals surface area contributed by atoms with E-state index in [4.69, 9.17) is 5.11 Å². The smallest absolute Gasteiger partial charge is 0.405 e. The van der Waals surface area contributed by atoms with Crippen LogP contribution in [0.2, 0.25) is 0 Å². The largest absolute Gasteiger partial charge is 0.465 e. The van der Waals surface area contributed by atoms with Gasteiger partial charge in [-0.3, -0.25) is 14.4 Å². The number of amides is 3. The Labute approximate surface area is 225 Å². The number of imidazole rings is 1. The van der Waals surface area contributed by atoms with Crippen LogP contribution in [0.5, 0.6) is 0 Å². The third-order valence-corrected chi connectivity index (χ3v) is 5.60. The molecular weight excluding hydrogens is 537 g/mol. The highest BCUT2D eigenvalue weighted by molar-refractivity contribution is 5.96. The fourth-order valence-corrected chi connectivity index (χ4v) is 3.60. The van der Waals surface area contributed by atoms with Crippen LogP contribution in [0.25, 0.3) is 11.2 Å². The number of hydrogen-bond donors (Lipinski definition) is 4. The summed E-state index contributed by atoms with van der Waals surface area (Å²) in [4.78, 5) is 64.9. The molecule has 0 radical (unpaired) electrons. The molecule has 0 fully saturated rings. The van der Waals surface area contributed by atoms with Crippen molar-refractivity contribution in [3.63, 3.8) is 0 Å². The lowest BCUT2D eigenvalue weighted by atomic mass is 10.1. The van der Waals surface area contributed by atoms with Crippen LogP contribution >= 0.6 is 0 Å². The van der Waals surface area contributed by atoms with Crippen LogP contribution < -0.4 is 16.2 Å². The summed E-state index contributed by atoms with van der Waals surface area (Å²) < 4.78 is 39.2. The Morgan fingerprint density at radius 2 is 2.00 bits per heavy atom. The van der Waals surface area contributed by atoms with E-state index in [-0.39, 0.29) is 60.1 Å². The topological polar surface area (TPSA) is 175 Å². The number of nitrogens with one attached hydrogen (secondary N) is 3. The molecule has 0 aliphatic heterocycles. The maximum absolute atomic E-state index is 13.0. The maximum atomic E-state index is 13.0. The van der Waals surface area contributed by atoms with Crippen LogP contribution in [-0.4, -0.2) is 78.7 Å². The van der Waals surface area contributed by atoms with Crippen molar-refractivity contribution in [3.8, 4) is 0 Å². The standard InChI is InChI=1S/C24H27F3N8O5/c1-34(2)18(36)8-4-3-6-15(31-23(39)40)21(37)30-16-7-5-11-35(22(16)38)12-17-32-19-14(9-10-24(25,26)27)28-13-29-20(19)33-17/h4-5,7-8,11,13,15,31H,3,6,9-10,12H2,1-2H3,(H,30,37)(H,39,40)(H,28,29,32,33)/b8-4+/t15-/m0/s1. The first kappa shape index (κ1) is 29.8. The number of aryl methyl sites for hydroxylation is 1. The number of carbonyl (C=O) groups excluding carboxylic acids is 2. The van der Waals surface area contributed by atoms with Gasteiger partial charge in [-0.1, -0.05) is 6.08 Å². The van der Waals surface area contributed by atoms with Gasteiger partial charge in [0.05, 0.1) is 12.2 Å². The lowest BCUT2D eigenvalue weighted by molar-refractivity contribution is -0.134. The number of aromatic nitrogens is 5. The van der Waals surface area contributed by atoms with E-state index >= 15 is 0 Å². The SMILES string of the molecule is CN(C)C(=O)/C=C/CC[C@H](NC(=O)O)C(=O)Nc1cccn(Cc2nc3ncnc(CCC(F)(F)F)c3[nH]2)c1=O. The van der Waals surface area contributed by atoms with Gasteiger partial charge in [0.2, 0.25) is 11.8 Å². The highest BCUT2D eigenvalue weighted by atomic mass is 19.4. The molecular formula is C24H27F3N8O5. The van der Waals surface area contributed by atoms with E-state index in [1.807, 2.05) is 0 Å². The number of fused-ring (bicyclic) bond motifs is 1. The van der Waals surface area contributed by atoms with Crippen molar-refractivity contribution < 1.29 is 32.7 Å². The highest BCUT2D eigenvalue weighted by Gasteiger charge is 2.27. The van der Waals surface area contributed by atoms with E-state index in [2.05, 4.69) is 30.6 Å². The number of H-pyrrole nitrogens is 1. The molecule has 0 aliphatic carbocycles. The number of halogens is 3. The van der Waals surface area contributed by atoms with Gasteiger partial charge in [0, 0.05) is 33.1 Å². The van der Waals surface area contributed by atoms with Gasteiger partial charge in [-0.2, -0.15) is 13.2 Å². The molecule has 214 valence electrons. The van der Waals surface area contributed by atoms with Gasteiger partial charge >= 0.3 is 12.3 Å². The van der Waals surface area contributed by atoms with Gasteiger partial charge in [0.1, 0.15) is 29.4 Å². The van der Waals surface area contributed by atoms with E-state index in [9.17, 15) is 32.3 Å². The first-order valence-corrected chi connectivity index (χ1v) is 12.0. The summed E-state index contributed by atoms with van der Waals surface area (Å²) in [6.45, 7) is -0.126. The summed E-state index contributed by atoms with van der Waals surface area (Å²) in [6.07, 6.45) is -1.69. The molecule has 0 unspecified atom stereocenters. The summed E-state index contributed by atoms with van der Waals surface area (Å²) in [6, 6.07) is 1.60. The number of anilines is 1. The van der Waals surface area contributed by atoms with Crippen molar-refractivity contribution in [3.05, 3.63) is 58.7 Å². The molecule has 0 saturated carbocycles. The first-order chi connectivity index (χ1) is 18.8. The average Bonchev–Trinajstić information content (AvgIpc) is 3.29. The Hall–Kier alpha value is -4.76. The predicted molar refractivity (Wildman–Crippen MR) is 137 cm³/mol. The van der Waals surface area contributed by atoms with Crippen LogP contribution in [0, 0.1) is 0 Å². The molecule has 0 bridgehead atoms. The minimum Gasteiger partial charge on any atom is -0.465 e. The zero-order chi connectivity index (χ0) is 29.4. The lowest BCUT2D eigenvalue weighted by Gasteiger charge is -2.16. The Morgan fingerprint density at radius 3 is 2.67 bits per heavy atom. The zero-order valence-electron chi connectivity index (χ0n) is 21.5. The Balaban J connectivity index is 1.74. The minimum atomic E-state index is -4.36. The van der Waals surface area contributed by atoms with Crippen LogP contribution in [0.15, 0.2) is 41.6 Å². The molecule has 3 rings (SSSR count). The second-order valence-electron chi connectivity index (χ2n) is 8.88. The van der Waals surface area contributed by atoms with Gasteiger partial charge in [0.15, 0.2) is 5.65 Å². The molecule has 3 heterocycles. The Bertz CT molecular complexity index is 1460. The molecule has 0 saturated heterocycles. The monoisotopic (exact) mass is 564 g/mol. The fourth-order valence-electron chi connectivity index (χ4n) is 3.60. The molecule has 4 N–H and O–H groups in total. The highest BCUT2D eigenvalue weighted by Crippen LogP contribution is 2.23. The number of aromatic amines is 1. The Morgan fingerprint density at radius 1 is 1.25 bits per heavy atom. The second kappa shape index (κ2) is 12.9. The summed E-state index contributed by atoms with van der Waals surface area (Å²) in [5.74, 6) is -0.831. The summed E-state index contributed by atoms with van der Waals surface area (Å²) in [5.41, 5.74) is -0.269. The third kappa shape index (κ3) is 8.37. The van der Waals surface area contributed by atoms with Gasteiger partial charge in [-0.05, 0) is 31.1 Å². The fraction of sp³-hybridized carbons (Fsp3) is 0.375. The molecule has 13 nitrogen and oxygen atoms in total. The number of pyridine rings is 1. The van der Waals surface area contributed by atoms with Crippen molar-refractivity contribution in [1.29, 1.82) is 0 Å². The van der Waals surface area contributed by atoms with E-state index in [1.165, 1.54) is 39.9 Å². The number of allylic oxidation sites excluding steroid dienone is 1. The normalized spacial score (nSPS) is 12.4. The van der Waals surface area contributed by atoms with Crippen molar-refractivity contribution in [2.45, 2.75) is 44.4 Å². The molecule has 40 heavy (non-hydrogen) atoms. The van der Waals surface area contributed by atoms with Gasteiger partial charge < -0.3 is 30.2 Å². The predicted octanol–water partition coefficient (Wildman–Crippen LogP) is 2.06. The Kier molecular flexibility index (Phi) is 9.58. The quantitative estimate of drug-likeness (QED) is 0.256. The van der Waals surface area contributed by atoms with Gasteiger partial charge in [0.25, 0.3) is 5.56 Å². The summed E-state index contributed by atoms with van der Waals surface area (Å²) in [5, 5.41) is 13.6. The summed E-state index contributed by atoms with van der Waals surface area (Å²) >= 11 is 0. The number of rotatable bonds is 11. The number of carboxylic acid groups (broad SMARTS) is 1. The van der Waals surface area contributed by atoms with Gasteiger partial charge in [-0.15, -0.1) is 0 Å².